The molecule has 1 aromatic carbocycles. The molecule has 2 aliphatic rings. The number of allylic oxidation sites excluding steroid dienone is 3. The number of carbonyl (C=O) groups is 2. The van der Waals surface area contributed by atoms with Crippen LogP contribution in [0.1, 0.15) is 36.2 Å². The molecule has 3 rings (SSSR count). The molecule has 0 saturated carbocycles. The van der Waals surface area contributed by atoms with Crippen LogP contribution >= 0.6 is 0 Å². The number of carbonyl (C=O) groups excluding carboxylic acids is 2. The Balaban J connectivity index is 1.91. The van der Waals surface area contributed by atoms with Gasteiger partial charge >= 0.3 is 5.97 Å². The normalized spacial score (nSPS) is 24.1. The van der Waals surface area contributed by atoms with Crippen LogP contribution < -0.4 is 4.74 Å². The van der Waals surface area contributed by atoms with E-state index in [1.165, 1.54) is 20.1 Å². The molecule has 1 aliphatic heterocycles. The third kappa shape index (κ3) is 3.78. The molecule has 0 fully saturated rings. The van der Waals surface area contributed by atoms with Gasteiger partial charge in [-0.2, -0.15) is 0 Å². The van der Waals surface area contributed by atoms with Gasteiger partial charge in [0.25, 0.3) is 0 Å². The third-order valence-electron chi connectivity index (χ3n) is 5.16. The summed E-state index contributed by atoms with van der Waals surface area (Å²) in [7, 11) is 1.45. The lowest BCUT2D eigenvalue weighted by Crippen LogP contribution is -2.53. The fraction of sp³-hybridized carbons (Fsp3) is 0.364. The van der Waals surface area contributed by atoms with Gasteiger partial charge in [-0.15, -0.1) is 0 Å². The zero-order chi connectivity index (χ0) is 21.3. The van der Waals surface area contributed by atoms with Crippen molar-refractivity contribution in [1.29, 1.82) is 0 Å². The molecule has 0 spiro atoms. The number of Topliss-reactive ketones (excluding diaryl/α,β-unsaturated/α-hetero) is 1. The molecule has 1 aliphatic carbocycles. The first-order valence-corrected chi connectivity index (χ1v) is 9.24. The van der Waals surface area contributed by atoms with Crippen LogP contribution in [0.15, 0.2) is 47.3 Å². The number of esters is 1. The second kappa shape index (κ2) is 7.75. The van der Waals surface area contributed by atoms with E-state index < -0.39 is 23.5 Å². The first-order chi connectivity index (χ1) is 13.7. The van der Waals surface area contributed by atoms with Crippen molar-refractivity contribution in [2.45, 2.75) is 38.9 Å². The molecular formula is C22H24O7. The van der Waals surface area contributed by atoms with E-state index in [0.29, 0.717) is 28.2 Å². The molecule has 0 amide bonds. The number of phenols is 1. The van der Waals surface area contributed by atoms with E-state index in [0.717, 1.165) is 0 Å². The van der Waals surface area contributed by atoms with E-state index in [2.05, 4.69) is 0 Å². The highest BCUT2D eigenvalue weighted by Gasteiger charge is 2.48. The van der Waals surface area contributed by atoms with Crippen molar-refractivity contribution in [3.8, 4) is 11.5 Å². The van der Waals surface area contributed by atoms with Crippen LogP contribution in [0.3, 0.4) is 0 Å². The van der Waals surface area contributed by atoms with Gasteiger partial charge in [0.2, 0.25) is 0 Å². The van der Waals surface area contributed by atoms with Gasteiger partial charge in [-0.05, 0) is 50.1 Å². The quantitative estimate of drug-likeness (QED) is 0.749. The molecule has 0 bridgehead atoms. The summed E-state index contributed by atoms with van der Waals surface area (Å²) in [5, 5.41) is 21.0. The molecule has 0 saturated heterocycles. The molecule has 1 aromatic rings. The first-order valence-electron chi connectivity index (χ1n) is 9.24. The molecule has 0 aromatic heterocycles. The summed E-state index contributed by atoms with van der Waals surface area (Å²) in [6.45, 7) is 4.86. The molecule has 2 atom stereocenters. The number of aliphatic hydroxyl groups is 1. The van der Waals surface area contributed by atoms with Gasteiger partial charge < -0.3 is 24.4 Å². The standard InChI is InChI=1S/C22H24O7/c1-5-6-14-8-13-9-18(22(3,26)20(24)16(13)11-28-14)29-21(25)19-12(2)7-15(27-4)10-17(19)23/h5-8,10,18,23,26H,9,11H2,1-4H3/b6-5+/t18-,22+/m1/s1. The predicted octanol–water partition coefficient (Wildman–Crippen LogP) is 2.75. The van der Waals surface area contributed by atoms with Crippen LogP contribution in [0.25, 0.3) is 0 Å². The highest BCUT2D eigenvalue weighted by Crippen LogP contribution is 2.37. The number of hydrogen-bond donors (Lipinski definition) is 2. The number of ketones is 1. The summed E-state index contributed by atoms with van der Waals surface area (Å²) in [5.41, 5.74) is -0.450. The Morgan fingerprint density at radius 2 is 2.10 bits per heavy atom. The summed E-state index contributed by atoms with van der Waals surface area (Å²) >= 11 is 0. The van der Waals surface area contributed by atoms with Gasteiger partial charge in [0, 0.05) is 18.1 Å². The molecule has 29 heavy (non-hydrogen) atoms. The van der Waals surface area contributed by atoms with Crippen molar-refractivity contribution in [2.24, 2.45) is 0 Å². The van der Waals surface area contributed by atoms with Crippen molar-refractivity contribution < 1.29 is 34.0 Å². The van der Waals surface area contributed by atoms with E-state index in [4.69, 9.17) is 14.2 Å². The zero-order valence-corrected chi connectivity index (χ0v) is 16.8. The lowest BCUT2D eigenvalue weighted by Gasteiger charge is -2.38. The maximum atomic E-state index is 12.8. The maximum absolute atomic E-state index is 12.8. The fourth-order valence-electron chi connectivity index (χ4n) is 3.52. The van der Waals surface area contributed by atoms with Gasteiger partial charge in [-0.25, -0.2) is 4.79 Å². The minimum atomic E-state index is -1.90. The molecule has 2 N–H and O–H groups in total. The highest BCUT2D eigenvalue weighted by atomic mass is 16.6. The number of ether oxygens (including phenoxy) is 3. The molecular weight excluding hydrogens is 376 g/mol. The van der Waals surface area contributed by atoms with Gasteiger partial charge in [-0.1, -0.05) is 6.08 Å². The molecule has 154 valence electrons. The van der Waals surface area contributed by atoms with Crippen LogP contribution in [0, 0.1) is 6.92 Å². The number of rotatable bonds is 4. The van der Waals surface area contributed by atoms with E-state index >= 15 is 0 Å². The van der Waals surface area contributed by atoms with Crippen molar-refractivity contribution in [1.82, 2.24) is 0 Å². The lowest BCUT2D eigenvalue weighted by atomic mass is 9.77. The van der Waals surface area contributed by atoms with E-state index in [9.17, 15) is 19.8 Å². The van der Waals surface area contributed by atoms with Crippen LogP contribution in [-0.2, 0) is 14.3 Å². The SMILES string of the molecule is C/C=C/C1=CC2=C(CO1)C(=O)[C@@](C)(O)[C@H](OC(=O)c1c(C)cc(OC)cc1O)C2. The molecule has 7 nitrogen and oxygen atoms in total. The number of phenolic OH excluding ortho intramolecular Hbond substituents is 1. The molecule has 0 radical (unpaired) electrons. The number of hydrogen-bond acceptors (Lipinski definition) is 7. The number of methoxy groups -OCH3 is 1. The monoisotopic (exact) mass is 400 g/mol. The summed E-state index contributed by atoms with van der Waals surface area (Å²) in [4.78, 5) is 25.6. The Morgan fingerprint density at radius 3 is 2.72 bits per heavy atom. The topological polar surface area (TPSA) is 102 Å². The summed E-state index contributed by atoms with van der Waals surface area (Å²) in [6, 6.07) is 2.89. The van der Waals surface area contributed by atoms with Crippen LogP contribution in [0.4, 0.5) is 0 Å². The van der Waals surface area contributed by atoms with E-state index in [1.807, 2.05) is 13.0 Å². The minimum absolute atomic E-state index is 0.0362. The lowest BCUT2D eigenvalue weighted by molar-refractivity contribution is -0.146. The molecule has 0 unspecified atom stereocenters. The van der Waals surface area contributed by atoms with Gasteiger partial charge in [-0.3, -0.25) is 4.79 Å². The van der Waals surface area contributed by atoms with Crippen molar-refractivity contribution in [3.63, 3.8) is 0 Å². The summed E-state index contributed by atoms with van der Waals surface area (Å²) in [6.07, 6.45) is 4.33. The Bertz CT molecular complexity index is 927. The average molecular weight is 400 g/mol. The fourth-order valence-corrected chi connectivity index (χ4v) is 3.52. The van der Waals surface area contributed by atoms with Crippen LogP contribution in [-0.4, -0.2) is 47.4 Å². The Labute approximate surface area is 168 Å². The van der Waals surface area contributed by atoms with Gasteiger partial charge in [0.15, 0.2) is 11.4 Å². The second-order valence-electron chi connectivity index (χ2n) is 7.25. The Morgan fingerprint density at radius 1 is 1.38 bits per heavy atom. The predicted molar refractivity (Wildman–Crippen MR) is 105 cm³/mol. The van der Waals surface area contributed by atoms with Crippen molar-refractivity contribution in [2.75, 3.05) is 13.7 Å². The van der Waals surface area contributed by atoms with E-state index in [-0.39, 0.29) is 24.3 Å². The molecule has 7 heteroatoms. The Kier molecular flexibility index (Phi) is 5.53. The number of aryl methyl sites for hydroxylation is 1. The van der Waals surface area contributed by atoms with Crippen LogP contribution in [0.5, 0.6) is 11.5 Å². The Hall–Kier alpha value is -3.06. The van der Waals surface area contributed by atoms with Crippen molar-refractivity contribution >= 4 is 11.8 Å². The second-order valence-corrected chi connectivity index (χ2v) is 7.25. The van der Waals surface area contributed by atoms with E-state index in [1.54, 1.807) is 25.1 Å². The average Bonchev–Trinajstić information content (AvgIpc) is 2.65. The van der Waals surface area contributed by atoms with Gasteiger partial charge in [0.05, 0.1) is 7.11 Å². The minimum Gasteiger partial charge on any atom is -0.507 e. The van der Waals surface area contributed by atoms with Crippen molar-refractivity contribution in [3.05, 3.63) is 58.4 Å². The third-order valence-corrected chi connectivity index (χ3v) is 5.16. The number of aromatic hydroxyl groups is 1. The smallest absolute Gasteiger partial charge is 0.342 e. The van der Waals surface area contributed by atoms with Crippen LogP contribution in [0.2, 0.25) is 0 Å². The number of benzene rings is 1. The summed E-state index contributed by atoms with van der Waals surface area (Å²) in [5.74, 6) is -0.670. The maximum Gasteiger partial charge on any atom is 0.342 e. The van der Waals surface area contributed by atoms with Gasteiger partial charge in [0.1, 0.15) is 35.5 Å². The summed E-state index contributed by atoms with van der Waals surface area (Å²) < 4.78 is 16.1. The molecule has 1 heterocycles. The first kappa shape index (κ1) is 20.7. The zero-order valence-electron chi connectivity index (χ0n) is 16.8. The largest absolute Gasteiger partial charge is 0.507 e. The highest BCUT2D eigenvalue weighted by molar-refractivity contribution is 6.05.